The van der Waals surface area contributed by atoms with Gasteiger partial charge in [-0.25, -0.2) is 0 Å². The number of nitrogens with one attached hydrogen (secondary N) is 1. The van der Waals surface area contributed by atoms with Crippen LogP contribution in [0.5, 0.6) is 0 Å². The molecule has 1 aliphatic rings. The summed E-state index contributed by atoms with van der Waals surface area (Å²) >= 11 is 0. The fraction of sp³-hybridized carbons (Fsp3) is 0.333. The van der Waals surface area contributed by atoms with Gasteiger partial charge < -0.3 is 10.2 Å². The van der Waals surface area contributed by atoms with Crippen molar-refractivity contribution in [2.45, 2.75) is 44.9 Å². The first kappa shape index (κ1) is 22.6. The zero-order chi connectivity index (χ0) is 23.0. The summed E-state index contributed by atoms with van der Waals surface area (Å²) in [5.74, 6) is 0.249. The Morgan fingerprint density at radius 2 is 1.88 bits per heavy atom. The van der Waals surface area contributed by atoms with Crippen molar-refractivity contribution >= 4 is 17.5 Å². The molecule has 170 valence electrons. The van der Waals surface area contributed by atoms with E-state index in [1.165, 1.54) is 12.5 Å². The normalized spacial score (nSPS) is 15.8. The van der Waals surface area contributed by atoms with Gasteiger partial charge in [-0.15, -0.1) is 0 Å². The second-order valence-corrected chi connectivity index (χ2v) is 8.57. The highest BCUT2D eigenvalue weighted by Gasteiger charge is 2.27. The van der Waals surface area contributed by atoms with Gasteiger partial charge in [0.15, 0.2) is 0 Å². The van der Waals surface area contributed by atoms with E-state index in [0.29, 0.717) is 13.0 Å². The summed E-state index contributed by atoms with van der Waals surface area (Å²) < 4.78 is 0. The van der Waals surface area contributed by atoms with Gasteiger partial charge >= 0.3 is 0 Å². The topological polar surface area (TPSA) is 75.2 Å². The first-order valence-corrected chi connectivity index (χ1v) is 11.6. The molecular weight excluding hydrogens is 412 g/mol. The van der Waals surface area contributed by atoms with Crippen LogP contribution in [0.1, 0.15) is 49.8 Å². The molecule has 6 heteroatoms. The van der Waals surface area contributed by atoms with Gasteiger partial charge in [0.25, 0.3) is 0 Å². The number of nitrogens with zero attached hydrogens (tertiary/aromatic N) is 3. The van der Waals surface area contributed by atoms with E-state index >= 15 is 0 Å². The van der Waals surface area contributed by atoms with Gasteiger partial charge in [-0.05, 0) is 43.4 Å². The highest BCUT2D eigenvalue weighted by atomic mass is 16.2. The molecule has 33 heavy (non-hydrogen) atoms. The average Bonchev–Trinajstić information content (AvgIpc) is 2.84. The minimum atomic E-state index is -0.111. The Balaban J connectivity index is 1.44. The number of hydrogen-bond donors (Lipinski definition) is 1. The van der Waals surface area contributed by atoms with Crippen molar-refractivity contribution < 1.29 is 9.59 Å². The molecule has 3 aromatic rings. The zero-order valence-electron chi connectivity index (χ0n) is 19.0. The Kier molecular flexibility index (Phi) is 7.45. The summed E-state index contributed by atoms with van der Waals surface area (Å²) in [7, 11) is 0. The molecule has 2 heterocycles. The summed E-state index contributed by atoms with van der Waals surface area (Å²) in [4.78, 5) is 35.7. The van der Waals surface area contributed by atoms with Gasteiger partial charge in [-0.3, -0.25) is 19.6 Å². The summed E-state index contributed by atoms with van der Waals surface area (Å²) in [6, 6.07) is 18.0. The number of piperidine rings is 1. The fourth-order valence-electron chi connectivity index (χ4n) is 4.49. The third-order valence-electron chi connectivity index (χ3n) is 6.04. The van der Waals surface area contributed by atoms with E-state index in [1.807, 2.05) is 47.4 Å². The molecule has 1 fully saturated rings. The minimum Gasteiger partial charge on any atom is -0.342 e. The zero-order valence-corrected chi connectivity index (χ0v) is 19.0. The molecule has 2 amide bonds. The maximum atomic E-state index is 12.9. The van der Waals surface area contributed by atoms with Crippen LogP contribution in [0.2, 0.25) is 0 Å². The molecule has 1 N–H and O–H groups in total. The lowest BCUT2D eigenvalue weighted by Crippen LogP contribution is -2.39. The van der Waals surface area contributed by atoms with Gasteiger partial charge in [0.05, 0.1) is 11.4 Å². The van der Waals surface area contributed by atoms with Crippen molar-refractivity contribution in [2.24, 2.45) is 0 Å². The fourth-order valence-corrected chi connectivity index (χ4v) is 4.49. The Hall–Kier alpha value is -3.54. The van der Waals surface area contributed by atoms with Gasteiger partial charge in [-0.1, -0.05) is 42.5 Å². The summed E-state index contributed by atoms with van der Waals surface area (Å²) in [6.07, 6.45) is 7.69. The van der Waals surface area contributed by atoms with Crippen LogP contribution in [-0.4, -0.2) is 39.8 Å². The molecular formula is C27H30N4O2. The van der Waals surface area contributed by atoms with Crippen LogP contribution in [0, 0.1) is 0 Å². The molecule has 6 nitrogen and oxygen atoms in total. The number of rotatable bonds is 7. The number of amides is 2. The van der Waals surface area contributed by atoms with E-state index in [2.05, 4.69) is 27.4 Å². The largest absolute Gasteiger partial charge is 0.342 e. The van der Waals surface area contributed by atoms with Crippen LogP contribution < -0.4 is 5.32 Å². The Morgan fingerprint density at radius 3 is 2.70 bits per heavy atom. The molecule has 0 saturated carbocycles. The van der Waals surface area contributed by atoms with E-state index in [-0.39, 0.29) is 17.7 Å². The van der Waals surface area contributed by atoms with Crippen LogP contribution in [0.3, 0.4) is 0 Å². The Morgan fingerprint density at radius 1 is 1.06 bits per heavy atom. The summed E-state index contributed by atoms with van der Waals surface area (Å²) in [5.41, 5.74) is 4.64. The third-order valence-corrected chi connectivity index (χ3v) is 6.04. The maximum absolute atomic E-state index is 12.9. The van der Waals surface area contributed by atoms with Gasteiger partial charge in [0.1, 0.15) is 0 Å². The number of likely N-dealkylation sites (tertiary alicyclic amines) is 1. The first-order valence-electron chi connectivity index (χ1n) is 11.6. The molecule has 0 spiro atoms. The lowest BCUT2D eigenvalue weighted by molar-refractivity contribution is -0.132. The minimum absolute atomic E-state index is 0.111. The van der Waals surface area contributed by atoms with Gasteiger partial charge in [0.2, 0.25) is 11.8 Å². The smallest absolute Gasteiger partial charge is 0.222 e. The quantitative estimate of drug-likeness (QED) is 0.569. The van der Waals surface area contributed by atoms with Crippen molar-refractivity contribution in [3.05, 3.63) is 78.2 Å². The third kappa shape index (κ3) is 6.04. The number of carbonyl (C=O) groups excluding carboxylic acids is 2. The van der Waals surface area contributed by atoms with Crippen LogP contribution in [0.15, 0.2) is 67.0 Å². The van der Waals surface area contributed by atoms with E-state index in [9.17, 15) is 9.59 Å². The van der Waals surface area contributed by atoms with Crippen molar-refractivity contribution in [3.8, 4) is 11.3 Å². The van der Waals surface area contributed by atoms with E-state index in [4.69, 9.17) is 0 Å². The first-order chi connectivity index (χ1) is 16.1. The van der Waals surface area contributed by atoms with E-state index in [1.54, 1.807) is 12.4 Å². The van der Waals surface area contributed by atoms with E-state index in [0.717, 1.165) is 54.9 Å². The monoisotopic (exact) mass is 442 g/mol. The molecule has 0 radical (unpaired) electrons. The van der Waals surface area contributed by atoms with Crippen molar-refractivity contribution in [1.29, 1.82) is 0 Å². The standard InChI is InChI=1S/C27H30N4O2/c1-20(32)30-24-13-6-11-22(18-24)26-27(29-16-15-28-26)23-12-7-17-31(19-23)25(33)14-5-10-21-8-3-2-4-9-21/h2-4,6,8-9,11,13,15-16,18,23H,5,7,10,12,14,17,19H2,1H3,(H,30,32). The Bertz CT molecular complexity index is 1100. The second kappa shape index (κ2) is 10.9. The van der Waals surface area contributed by atoms with Gasteiger partial charge in [0, 0.05) is 56.0 Å². The second-order valence-electron chi connectivity index (χ2n) is 8.57. The number of hydrogen-bond acceptors (Lipinski definition) is 4. The van der Waals surface area contributed by atoms with Crippen molar-refractivity contribution in [1.82, 2.24) is 14.9 Å². The average molecular weight is 443 g/mol. The molecule has 0 aliphatic carbocycles. The predicted octanol–water partition coefficient (Wildman–Crippen LogP) is 4.83. The predicted molar refractivity (Wildman–Crippen MR) is 130 cm³/mol. The summed E-state index contributed by atoms with van der Waals surface area (Å²) in [6.45, 7) is 2.96. The number of aryl methyl sites for hydroxylation is 1. The number of carbonyl (C=O) groups is 2. The van der Waals surface area contributed by atoms with Crippen LogP contribution >= 0.6 is 0 Å². The van der Waals surface area contributed by atoms with Crippen molar-refractivity contribution in [2.75, 3.05) is 18.4 Å². The molecule has 1 atom stereocenters. The van der Waals surface area contributed by atoms with Crippen LogP contribution in [0.25, 0.3) is 11.3 Å². The molecule has 1 saturated heterocycles. The molecule has 4 rings (SSSR count). The molecule has 2 aromatic carbocycles. The number of aromatic nitrogens is 2. The lowest BCUT2D eigenvalue weighted by atomic mass is 9.91. The number of anilines is 1. The number of benzene rings is 2. The molecule has 0 bridgehead atoms. The molecule has 1 unspecified atom stereocenters. The molecule has 1 aliphatic heterocycles. The van der Waals surface area contributed by atoms with Gasteiger partial charge in [-0.2, -0.15) is 0 Å². The maximum Gasteiger partial charge on any atom is 0.222 e. The highest BCUT2D eigenvalue weighted by molar-refractivity contribution is 5.89. The molecule has 1 aromatic heterocycles. The van der Waals surface area contributed by atoms with Crippen LogP contribution in [0.4, 0.5) is 5.69 Å². The van der Waals surface area contributed by atoms with E-state index < -0.39 is 0 Å². The SMILES string of the molecule is CC(=O)Nc1cccc(-c2nccnc2C2CCCN(C(=O)CCCc3ccccc3)C2)c1. The van der Waals surface area contributed by atoms with Crippen molar-refractivity contribution in [3.63, 3.8) is 0 Å². The van der Waals surface area contributed by atoms with Crippen LogP contribution in [-0.2, 0) is 16.0 Å². The summed E-state index contributed by atoms with van der Waals surface area (Å²) in [5, 5.41) is 2.83. The lowest BCUT2D eigenvalue weighted by Gasteiger charge is -2.33. The Labute approximate surface area is 195 Å². The highest BCUT2D eigenvalue weighted by Crippen LogP contribution is 2.33.